The Morgan fingerprint density at radius 2 is 1.96 bits per heavy atom. The number of carbonyl (C=O) groups excluding carboxylic acids is 2. The first-order chi connectivity index (χ1) is 12.0. The monoisotopic (exact) mass is 398 g/mol. The van der Waals surface area contributed by atoms with Gasteiger partial charge in [0.1, 0.15) is 0 Å². The number of halogens is 2. The third-order valence-electron chi connectivity index (χ3n) is 5.80. The van der Waals surface area contributed by atoms with Crippen molar-refractivity contribution < 1.29 is 9.59 Å². The summed E-state index contributed by atoms with van der Waals surface area (Å²) in [5.74, 6) is -0.0439. The van der Waals surface area contributed by atoms with E-state index in [0.29, 0.717) is 18.0 Å². The van der Waals surface area contributed by atoms with Crippen molar-refractivity contribution in [2.24, 2.45) is 0 Å². The molecule has 1 aromatic carbocycles. The van der Waals surface area contributed by atoms with Crippen LogP contribution in [-0.4, -0.2) is 47.8 Å². The smallest absolute Gasteiger partial charge is 0.240 e. The zero-order valence-corrected chi connectivity index (χ0v) is 17.2. The number of nitrogens with zero attached hydrogens (tertiary/aromatic N) is 2. The average Bonchev–Trinajstić information content (AvgIpc) is 2.84. The molecule has 0 bridgehead atoms. The molecule has 0 aromatic heterocycles. The van der Waals surface area contributed by atoms with Crippen molar-refractivity contribution in [1.29, 1.82) is 0 Å². The molecule has 6 heteroatoms. The Bertz CT molecular complexity index is 676. The molecule has 144 valence electrons. The number of hydrogen-bond acceptors (Lipinski definition) is 3. The lowest BCUT2D eigenvalue weighted by molar-refractivity contribution is -0.140. The molecule has 3 rings (SSSR count). The number of imide groups is 1. The second-order valence-electron chi connectivity index (χ2n) is 7.14. The van der Waals surface area contributed by atoms with E-state index in [1.807, 2.05) is 18.2 Å². The van der Waals surface area contributed by atoms with Crippen molar-refractivity contribution in [3.63, 3.8) is 0 Å². The second kappa shape index (κ2) is 8.73. The van der Waals surface area contributed by atoms with E-state index in [9.17, 15) is 9.59 Å². The Labute approximate surface area is 167 Å². The lowest BCUT2D eigenvalue weighted by Crippen LogP contribution is -2.41. The first-order valence-corrected chi connectivity index (χ1v) is 9.75. The minimum absolute atomic E-state index is 0. The van der Waals surface area contributed by atoms with Gasteiger partial charge in [0.2, 0.25) is 11.8 Å². The van der Waals surface area contributed by atoms with Crippen LogP contribution in [0.15, 0.2) is 18.2 Å². The van der Waals surface area contributed by atoms with Crippen LogP contribution in [0.2, 0.25) is 5.02 Å². The van der Waals surface area contributed by atoms with Gasteiger partial charge in [-0.25, -0.2) is 0 Å². The highest BCUT2D eigenvalue weighted by atomic mass is 35.5. The molecule has 1 atom stereocenters. The summed E-state index contributed by atoms with van der Waals surface area (Å²) in [6.07, 6.45) is 3.78. The van der Waals surface area contributed by atoms with Crippen LogP contribution in [0.25, 0.3) is 0 Å². The Kier molecular flexibility index (Phi) is 7.12. The van der Waals surface area contributed by atoms with Crippen molar-refractivity contribution >= 4 is 35.8 Å². The topological polar surface area (TPSA) is 40.6 Å². The minimum atomic E-state index is -0.676. The molecule has 2 amide bonds. The Balaban J connectivity index is 0.00000243. The highest BCUT2D eigenvalue weighted by Gasteiger charge is 2.53. The lowest BCUT2D eigenvalue weighted by atomic mass is 9.69. The molecule has 0 saturated carbocycles. The summed E-state index contributed by atoms with van der Waals surface area (Å²) in [5, 5.41) is 0.639. The zero-order chi connectivity index (χ0) is 18.0. The first-order valence-electron chi connectivity index (χ1n) is 9.38. The van der Waals surface area contributed by atoms with Gasteiger partial charge in [-0.1, -0.05) is 31.5 Å². The molecule has 26 heavy (non-hydrogen) atoms. The molecule has 0 radical (unpaired) electrons. The van der Waals surface area contributed by atoms with Crippen LogP contribution >= 0.6 is 24.0 Å². The van der Waals surface area contributed by atoms with Crippen LogP contribution in [-0.2, 0) is 21.4 Å². The Hall–Kier alpha value is -1.10. The number of benzene rings is 1. The van der Waals surface area contributed by atoms with Gasteiger partial charge in [0.25, 0.3) is 0 Å². The fourth-order valence-electron chi connectivity index (χ4n) is 4.35. The van der Waals surface area contributed by atoms with E-state index in [2.05, 4.69) is 18.7 Å². The Morgan fingerprint density at radius 1 is 1.23 bits per heavy atom. The molecular formula is C20H28Cl2N2O2. The van der Waals surface area contributed by atoms with Gasteiger partial charge in [-0.3, -0.25) is 14.5 Å². The predicted octanol–water partition coefficient (Wildman–Crippen LogP) is 3.83. The van der Waals surface area contributed by atoms with Crippen molar-refractivity contribution in [2.75, 3.05) is 26.2 Å². The highest BCUT2D eigenvalue weighted by Crippen LogP contribution is 2.46. The second-order valence-corrected chi connectivity index (χ2v) is 7.58. The van der Waals surface area contributed by atoms with Crippen molar-refractivity contribution in [1.82, 2.24) is 9.80 Å². The van der Waals surface area contributed by atoms with Gasteiger partial charge in [0.05, 0.1) is 5.41 Å². The molecule has 1 unspecified atom stereocenters. The largest absolute Gasteiger partial charge is 0.304 e. The van der Waals surface area contributed by atoms with E-state index in [-0.39, 0.29) is 24.2 Å². The quantitative estimate of drug-likeness (QED) is 0.683. The van der Waals surface area contributed by atoms with Gasteiger partial charge in [-0.15, -0.1) is 12.4 Å². The Morgan fingerprint density at radius 3 is 2.65 bits per heavy atom. The molecule has 1 aliphatic heterocycles. The number of fused-ring (bicyclic) bond motifs is 2. The van der Waals surface area contributed by atoms with Gasteiger partial charge in [-0.2, -0.15) is 0 Å². The first kappa shape index (κ1) is 21.2. The molecular weight excluding hydrogens is 371 g/mol. The summed E-state index contributed by atoms with van der Waals surface area (Å²) in [6, 6.07) is 5.79. The highest BCUT2D eigenvalue weighted by molar-refractivity contribution is 6.30. The SMILES string of the molecule is CCN(CC)CCCN1C(=O)CC2(CCCc3ccc(Cl)cc32)C1=O.Cl. The van der Waals surface area contributed by atoms with Crippen LogP contribution in [0.1, 0.15) is 50.7 Å². The van der Waals surface area contributed by atoms with E-state index >= 15 is 0 Å². The van der Waals surface area contributed by atoms with Crippen LogP contribution < -0.4 is 0 Å². The van der Waals surface area contributed by atoms with E-state index in [4.69, 9.17) is 11.6 Å². The molecule has 2 aliphatic rings. The maximum Gasteiger partial charge on any atom is 0.240 e. The molecule has 1 heterocycles. The standard InChI is InChI=1S/C20H27ClN2O2.ClH/c1-3-22(4-2)11-6-12-23-18(24)14-20(19(23)25)10-5-7-15-8-9-16(21)13-17(15)20;/h8-9,13H,3-7,10-12,14H2,1-2H3;1H. The molecule has 1 fully saturated rings. The summed E-state index contributed by atoms with van der Waals surface area (Å²) in [4.78, 5) is 29.7. The summed E-state index contributed by atoms with van der Waals surface area (Å²) in [7, 11) is 0. The average molecular weight is 399 g/mol. The maximum absolute atomic E-state index is 13.2. The maximum atomic E-state index is 13.2. The number of hydrogen-bond donors (Lipinski definition) is 0. The summed E-state index contributed by atoms with van der Waals surface area (Å²) >= 11 is 6.19. The normalized spacial score (nSPS) is 22.1. The van der Waals surface area contributed by atoms with Crippen LogP contribution in [0.5, 0.6) is 0 Å². The van der Waals surface area contributed by atoms with E-state index in [0.717, 1.165) is 50.9 Å². The summed E-state index contributed by atoms with van der Waals surface area (Å²) in [6.45, 7) is 7.69. The van der Waals surface area contributed by atoms with Gasteiger partial charge in [-0.05, 0) is 68.6 Å². The van der Waals surface area contributed by atoms with Crippen LogP contribution in [0.4, 0.5) is 0 Å². The molecule has 1 saturated heterocycles. The molecule has 0 N–H and O–H groups in total. The number of amides is 2. The number of carbonyl (C=O) groups is 2. The molecule has 4 nitrogen and oxygen atoms in total. The van der Waals surface area contributed by atoms with Crippen LogP contribution in [0.3, 0.4) is 0 Å². The zero-order valence-electron chi connectivity index (χ0n) is 15.6. The molecule has 1 spiro atoms. The van der Waals surface area contributed by atoms with E-state index < -0.39 is 5.41 Å². The summed E-state index contributed by atoms with van der Waals surface area (Å²) < 4.78 is 0. The molecule has 1 aliphatic carbocycles. The minimum Gasteiger partial charge on any atom is -0.304 e. The van der Waals surface area contributed by atoms with Crippen LogP contribution in [0, 0.1) is 0 Å². The lowest BCUT2D eigenvalue weighted by Gasteiger charge is -2.33. The third-order valence-corrected chi connectivity index (χ3v) is 6.03. The van der Waals surface area contributed by atoms with Gasteiger partial charge in [0.15, 0.2) is 0 Å². The van der Waals surface area contributed by atoms with Crippen molar-refractivity contribution in [2.45, 2.75) is 51.4 Å². The third kappa shape index (κ3) is 3.78. The van der Waals surface area contributed by atoms with Gasteiger partial charge >= 0.3 is 0 Å². The predicted molar refractivity (Wildman–Crippen MR) is 107 cm³/mol. The number of aryl methyl sites for hydroxylation is 1. The van der Waals surface area contributed by atoms with Crippen molar-refractivity contribution in [3.8, 4) is 0 Å². The number of likely N-dealkylation sites (tertiary alicyclic amines) is 1. The van der Waals surface area contributed by atoms with E-state index in [1.165, 1.54) is 10.5 Å². The van der Waals surface area contributed by atoms with E-state index in [1.54, 1.807) is 0 Å². The molecule has 1 aromatic rings. The van der Waals surface area contributed by atoms with Gasteiger partial charge in [0, 0.05) is 18.0 Å². The fourth-order valence-corrected chi connectivity index (χ4v) is 4.52. The summed E-state index contributed by atoms with van der Waals surface area (Å²) in [5.41, 5.74) is 1.47. The number of rotatable bonds is 6. The van der Waals surface area contributed by atoms with Crippen molar-refractivity contribution in [3.05, 3.63) is 34.3 Å². The fraction of sp³-hybridized carbons (Fsp3) is 0.600. The van der Waals surface area contributed by atoms with Gasteiger partial charge < -0.3 is 4.90 Å².